The normalized spacial score (nSPS) is 23.8. The van der Waals surface area contributed by atoms with Crippen LogP contribution >= 0.6 is 0 Å². The van der Waals surface area contributed by atoms with Gasteiger partial charge in [0.15, 0.2) is 5.69 Å². The van der Waals surface area contributed by atoms with Crippen LogP contribution in [-0.2, 0) is 20.9 Å². The van der Waals surface area contributed by atoms with E-state index in [-0.39, 0.29) is 31.8 Å². The molecule has 0 bridgehead atoms. The summed E-state index contributed by atoms with van der Waals surface area (Å²) in [4.78, 5) is 39.5. The van der Waals surface area contributed by atoms with E-state index in [1.54, 1.807) is 36.7 Å². The molecule has 2 aliphatic heterocycles. The Labute approximate surface area is 210 Å². The number of primary amides is 1. The highest BCUT2D eigenvalue weighted by Gasteiger charge is 2.41. The molecule has 5 rings (SSSR count). The summed E-state index contributed by atoms with van der Waals surface area (Å²) in [6.07, 6.45) is 1.14. The number of aliphatic hydroxyl groups excluding tert-OH is 1. The summed E-state index contributed by atoms with van der Waals surface area (Å²) in [6.45, 7) is -0.0857. The van der Waals surface area contributed by atoms with Crippen LogP contribution in [0.1, 0.15) is 23.3 Å². The monoisotopic (exact) mass is 511 g/mol. The van der Waals surface area contributed by atoms with Gasteiger partial charge in [0.05, 0.1) is 43.2 Å². The van der Waals surface area contributed by atoms with Gasteiger partial charge in [-0.25, -0.2) is 4.39 Å². The van der Waals surface area contributed by atoms with Gasteiger partial charge in [0.2, 0.25) is 11.8 Å². The van der Waals surface area contributed by atoms with Gasteiger partial charge in [0.1, 0.15) is 18.8 Å². The maximum atomic E-state index is 14.4. The molecule has 2 saturated heterocycles. The summed E-state index contributed by atoms with van der Waals surface area (Å²) < 4.78 is 20.9. The summed E-state index contributed by atoms with van der Waals surface area (Å²) in [5, 5.41) is 25.1. The molecule has 4 heterocycles. The first-order chi connectivity index (χ1) is 17.8. The number of aromatic nitrogens is 4. The zero-order valence-corrected chi connectivity index (χ0v) is 19.8. The first-order valence-corrected chi connectivity index (χ1v) is 11.9. The Morgan fingerprint density at radius 2 is 2.05 bits per heavy atom. The van der Waals surface area contributed by atoms with Gasteiger partial charge in [-0.2, -0.15) is 15.3 Å². The lowest BCUT2D eigenvalue weighted by Gasteiger charge is -2.31. The molecule has 4 unspecified atom stereocenters. The van der Waals surface area contributed by atoms with Crippen LogP contribution < -0.4 is 11.1 Å². The van der Waals surface area contributed by atoms with E-state index in [0.717, 1.165) is 11.1 Å². The number of nitrogens with one attached hydrogen (secondary N) is 1. The fraction of sp³-hybridized carbons (Fsp3) is 0.417. The third kappa shape index (κ3) is 5.00. The van der Waals surface area contributed by atoms with Crippen LogP contribution in [-0.4, -0.2) is 91.8 Å². The Balaban J connectivity index is 1.38. The van der Waals surface area contributed by atoms with Crippen molar-refractivity contribution in [2.45, 2.75) is 43.7 Å². The molecule has 194 valence electrons. The number of likely N-dealkylation sites (tertiary alicyclic amines) is 1. The fourth-order valence-electron chi connectivity index (χ4n) is 4.82. The molecule has 0 aliphatic carbocycles. The average molecular weight is 512 g/mol. The second-order valence-corrected chi connectivity index (χ2v) is 9.17. The fourth-order valence-corrected chi connectivity index (χ4v) is 4.82. The van der Waals surface area contributed by atoms with Gasteiger partial charge >= 0.3 is 0 Å². The summed E-state index contributed by atoms with van der Waals surface area (Å²) in [6, 6.07) is 5.42. The number of amides is 3. The molecule has 2 fully saturated rings. The molecule has 0 saturated carbocycles. The Kier molecular flexibility index (Phi) is 6.80. The molecule has 4 atom stereocenters. The van der Waals surface area contributed by atoms with Crippen LogP contribution in [0.4, 0.5) is 4.39 Å². The van der Waals surface area contributed by atoms with E-state index in [9.17, 15) is 23.9 Å². The molecule has 13 heteroatoms. The molecule has 2 aliphatic rings. The van der Waals surface area contributed by atoms with E-state index < -0.39 is 42.1 Å². The first-order valence-electron chi connectivity index (χ1n) is 11.9. The molecular weight excluding hydrogens is 485 g/mol. The minimum Gasteiger partial charge on any atom is -0.389 e. The van der Waals surface area contributed by atoms with Crippen molar-refractivity contribution in [1.29, 1.82) is 0 Å². The molecule has 3 aromatic rings. The summed E-state index contributed by atoms with van der Waals surface area (Å²) in [5.41, 5.74) is 7.54. The van der Waals surface area contributed by atoms with Crippen molar-refractivity contribution in [3.63, 3.8) is 0 Å². The summed E-state index contributed by atoms with van der Waals surface area (Å²) >= 11 is 0. The van der Waals surface area contributed by atoms with Gasteiger partial charge in [0.25, 0.3) is 5.91 Å². The number of ether oxygens (including phenoxy) is 1. The van der Waals surface area contributed by atoms with Crippen molar-refractivity contribution in [2.75, 3.05) is 19.8 Å². The van der Waals surface area contributed by atoms with Crippen molar-refractivity contribution >= 4 is 28.6 Å². The zero-order valence-electron chi connectivity index (χ0n) is 19.8. The minimum absolute atomic E-state index is 0.0146. The Bertz CT molecular complexity index is 1330. The molecule has 3 amide bonds. The smallest absolute Gasteiger partial charge is 0.269 e. The van der Waals surface area contributed by atoms with E-state index in [1.807, 2.05) is 0 Å². The van der Waals surface area contributed by atoms with Crippen molar-refractivity contribution in [3.05, 3.63) is 42.4 Å². The van der Waals surface area contributed by atoms with Gasteiger partial charge in [-0.1, -0.05) is 6.07 Å². The van der Waals surface area contributed by atoms with Gasteiger partial charge in [0, 0.05) is 24.0 Å². The van der Waals surface area contributed by atoms with E-state index in [2.05, 4.69) is 20.6 Å². The van der Waals surface area contributed by atoms with Crippen LogP contribution in [0.5, 0.6) is 0 Å². The molecule has 37 heavy (non-hydrogen) atoms. The Morgan fingerprint density at radius 3 is 2.78 bits per heavy atom. The maximum absolute atomic E-state index is 14.4. The number of nitrogens with two attached hydrogens (primary N) is 1. The standard InChI is InChI=1S/C24H26FN7O5/c25-15-8-19(24(36)29-17-4-6-37-12-20(17)33)31(10-15)21(34)11-32-18-2-1-13(14-3-5-27-28-9-14)7-16(18)22(30-32)23(26)35/h1-3,5,7,9,15,17,19-20,33H,4,6,8,10-12H2,(H2,26,35)(H,29,36). The predicted octanol–water partition coefficient (Wildman–Crippen LogP) is -0.203. The van der Waals surface area contributed by atoms with Gasteiger partial charge < -0.3 is 25.8 Å². The number of hydrogen-bond acceptors (Lipinski definition) is 8. The lowest BCUT2D eigenvalue weighted by Crippen LogP contribution is -2.54. The number of rotatable bonds is 6. The highest BCUT2D eigenvalue weighted by Crippen LogP contribution is 2.27. The van der Waals surface area contributed by atoms with E-state index in [0.29, 0.717) is 23.9 Å². The van der Waals surface area contributed by atoms with Gasteiger partial charge in [-0.15, -0.1) is 0 Å². The molecule has 2 aromatic heterocycles. The van der Waals surface area contributed by atoms with Crippen LogP contribution in [0.2, 0.25) is 0 Å². The number of aliphatic hydroxyl groups is 1. The molecule has 0 spiro atoms. The SMILES string of the molecule is NC(=O)c1nn(CC(=O)N2CC(F)CC2C(=O)NC2CCOCC2O)c2ccc(-c3ccnnc3)cc12. The largest absolute Gasteiger partial charge is 0.389 e. The van der Waals surface area contributed by atoms with Gasteiger partial charge in [-0.05, 0) is 30.2 Å². The quantitative estimate of drug-likeness (QED) is 0.409. The number of carbonyl (C=O) groups is 3. The van der Waals surface area contributed by atoms with E-state index in [4.69, 9.17) is 10.5 Å². The van der Waals surface area contributed by atoms with Gasteiger partial charge in [-0.3, -0.25) is 19.1 Å². The molecule has 0 radical (unpaired) electrons. The number of halogens is 1. The van der Waals surface area contributed by atoms with Crippen LogP contribution in [0.25, 0.3) is 22.0 Å². The predicted molar refractivity (Wildman–Crippen MR) is 128 cm³/mol. The lowest BCUT2D eigenvalue weighted by atomic mass is 10.0. The number of alkyl halides is 1. The Morgan fingerprint density at radius 1 is 1.22 bits per heavy atom. The molecule has 4 N–H and O–H groups in total. The van der Waals surface area contributed by atoms with Crippen molar-refractivity contribution in [1.82, 2.24) is 30.2 Å². The van der Waals surface area contributed by atoms with E-state index in [1.165, 1.54) is 9.58 Å². The van der Waals surface area contributed by atoms with Crippen molar-refractivity contribution in [3.8, 4) is 11.1 Å². The Hall–Kier alpha value is -3.97. The maximum Gasteiger partial charge on any atom is 0.269 e. The number of fused-ring (bicyclic) bond motifs is 1. The lowest BCUT2D eigenvalue weighted by molar-refractivity contribution is -0.140. The van der Waals surface area contributed by atoms with Crippen molar-refractivity contribution < 1.29 is 28.6 Å². The molecule has 12 nitrogen and oxygen atoms in total. The molecular formula is C24H26FN7O5. The second-order valence-electron chi connectivity index (χ2n) is 9.17. The zero-order chi connectivity index (χ0) is 26.1. The molecule has 1 aromatic carbocycles. The highest BCUT2D eigenvalue weighted by molar-refractivity contribution is 6.05. The average Bonchev–Trinajstić information content (AvgIpc) is 3.46. The highest BCUT2D eigenvalue weighted by atomic mass is 19.1. The summed E-state index contributed by atoms with van der Waals surface area (Å²) in [7, 11) is 0. The topological polar surface area (TPSA) is 166 Å². The summed E-state index contributed by atoms with van der Waals surface area (Å²) in [5.74, 6) is -1.83. The van der Waals surface area contributed by atoms with Crippen molar-refractivity contribution in [2.24, 2.45) is 5.73 Å². The minimum atomic E-state index is -1.37. The van der Waals surface area contributed by atoms with Crippen LogP contribution in [0, 0.1) is 0 Å². The van der Waals surface area contributed by atoms with E-state index >= 15 is 0 Å². The van der Waals surface area contributed by atoms with Crippen LogP contribution in [0.3, 0.4) is 0 Å². The second kappa shape index (κ2) is 10.2. The number of benzene rings is 1. The first kappa shape index (κ1) is 24.7. The third-order valence-corrected chi connectivity index (χ3v) is 6.71. The number of hydrogen-bond donors (Lipinski definition) is 3. The third-order valence-electron chi connectivity index (χ3n) is 6.71. The number of nitrogens with zero attached hydrogens (tertiary/aromatic N) is 5. The number of carbonyl (C=O) groups excluding carboxylic acids is 3. The van der Waals surface area contributed by atoms with Crippen LogP contribution in [0.15, 0.2) is 36.7 Å².